The summed E-state index contributed by atoms with van der Waals surface area (Å²) in [7, 11) is 1.67. The summed E-state index contributed by atoms with van der Waals surface area (Å²) in [5, 5.41) is 6.44. The van der Waals surface area contributed by atoms with E-state index in [9.17, 15) is 0 Å². The summed E-state index contributed by atoms with van der Waals surface area (Å²) in [6, 6.07) is 14.2. The first-order valence-electron chi connectivity index (χ1n) is 6.93. The molecule has 108 valence electrons. The monoisotopic (exact) mass is 300 g/mol. The molecule has 0 aliphatic rings. The van der Waals surface area contributed by atoms with Crippen molar-refractivity contribution in [1.82, 2.24) is 9.78 Å². The molecule has 0 bridgehead atoms. The summed E-state index contributed by atoms with van der Waals surface area (Å²) in [4.78, 5) is 0. The molecule has 0 amide bonds. The number of ether oxygens (including phenoxy) is 1. The Morgan fingerprint density at radius 1 is 1.10 bits per heavy atom. The van der Waals surface area contributed by atoms with Crippen molar-refractivity contribution in [3.8, 4) is 17.0 Å². The largest absolute Gasteiger partial charge is 0.497 e. The Morgan fingerprint density at radius 2 is 1.81 bits per heavy atom. The summed E-state index contributed by atoms with van der Waals surface area (Å²) in [6.45, 7) is 4.24. The number of fused-ring (bicyclic) bond motifs is 1. The van der Waals surface area contributed by atoms with E-state index in [0.29, 0.717) is 5.02 Å². The van der Waals surface area contributed by atoms with Crippen LogP contribution in [0.4, 0.5) is 0 Å². The van der Waals surface area contributed by atoms with E-state index in [1.54, 1.807) is 7.11 Å². The van der Waals surface area contributed by atoms with Crippen molar-refractivity contribution in [2.24, 2.45) is 0 Å². The van der Waals surface area contributed by atoms with Gasteiger partial charge >= 0.3 is 0 Å². The molecule has 0 spiro atoms. The minimum atomic E-state index is 0.255. The van der Waals surface area contributed by atoms with Gasteiger partial charge in [-0.2, -0.15) is 5.10 Å². The average molecular weight is 301 g/mol. The predicted octanol–water partition coefficient (Wildman–Crippen LogP) is 4.95. The van der Waals surface area contributed by atoms with E-state index < -0.39 is 0 Å². The third kappa shape index (κ3) is 2.38. The predicted molar refractivity (Wildman–Crippen MR) is 87.1 cm³/mol. The van der Waals surface area contributed by atoms with E-state index >= 15 is 0 Å². The van der Waals surface area contributed by atoms with Gasteiger partial charge in [-0.3, -0.25) is 4.68 Å². The van der Waals surface area contributed by atoms with Gasteiger partial charge in [0, 0.05) is 17.0 Å². The molecule has 21 heavy (non-hydrogen) atoms. The van der Waals surface area contributed by atoms with Gasteiger partial charge in [-0.05, 0) is 44.2 Å². The standard InChI is InChI=1S/C17H17ClN2O/c1-11(2)20-17(12-7-9-13(21-3)10-8-12)14-5-4-6-15(18)16(14)19-20/h4-11H,1-3H3. The number of halogens is 1. The number of hydrogen-bond donors (Lipinski definition) is 0. The van der Waals surface area contributed by atoms with Crippen LogP contribution in [0, 0.1) is 0 Å². The van der Waals surface area contributed by atoms with Crippen LogP contribution in [0.2, 0.25) is 5.02 Å². The van der Waals surface area contributed by atoms with Crippen molar-refractivity contribution < 1.29 is 4.74 Å². The highest BCUT2D eigenvalue weighted by molar-refractivity contribution is 6.35. The Bertz CT molecular complexity index is 775. The molecule has 0 radical (unpaired) electrons. The molecule has 1 aromatic heterocycles. The van der Waals surface area contributed by atoms with Gasteiger partial charge in [-0.25, -0.2) is 0 Å². The lowest BCUT2D eigenvalue weighted by Crippen LogP contribution is -2.04. The zero-order valence-electron chi connectivity index (χ0n) is 12.3. The van der Waals surface area contributed by atoms with Crippen LogP contribution in [-0.2, 0) is 0 Å². The second-order valence-electron chi connectivity index (χ2n) is 5.25. The number of nitrogens with zero attached hydrogens (tertiary/aromatic N) is 2. The Labute approximate surface area is 129 Å². The van der Waals surface area contributed by atoms with Crippen molar-refractivity contribution in [3.05, 3.63) is 47.5 Å². The minimum absolute atomic E-state index is 0.255. The molecule has 0 saturated carbocycles. The maximum absolute atomic E-state index is 6.29. The van der Waals surface area contributed by atoms with Crippen molar-refractivity contribution in [3.63, 3.8) is 0 Å². The van der Waals surface area contributed by atoms with Crippen molar-refractivity contribution >= 4 is 22.5 Å². The van der Waals surface area contributed by atoms with Gasteiger partial charge < -0.3 is 4.74 Å². The van der Waals surface area contributed by atoms with Gasteiger partial charge in [0.05, 0.1) is 17.8 Å². The fourth-order valence-corrected chi connectivity index (χ4v) is 2.71. The van der Waals surface area contributed by atoms with Crippen LogP contribution < -0.4 is 4.74 Å². The summed E-state index contributed by atoms with van der Waals surface area (Å²) in [6.07, 6.45) is 0. The number of hydrogen-bond acceptors (Lipinski definition) is 2. The molecule has 0 atom stereocenters. The minimum Gasteiger partial charge on any atom is -0.497 e. The molecule has 0 aliphatic carbocycles. The first kappa shape index (κ1) is 14.0. The lowest BCUT2D eigenvalue weighted by Gasteiger charge is -2.11. The highest BCUT2D eigenvalue weighted by Crippen LogP contribution is 2.34. The fourth-order valence-electron chi connectivity index (χ4n) is 2.50. The molecular weight excluding hydrogens is 284 g/mol. The average Bonchev–Trinajstić information content (AvgIpc) is 2.88. The van der Waals surface area contributed by atoms with E-state index in [4.69, 9.17) is 16.3 Å². The van der Waals surface area contributed by atoms with Gasteiger partial charge in [-0.15, -0.1) is 0 Å². The highest BCUT2D eigenvalue weighted by Gasteiger charge is 2.16. The Hall–Kier alpha value is -2.00. The summed E-state index contributed by atoms with van der Waals surface area (Å²) >= 11 is 6.29. The molecule has 3 rings (SSSR count). The molecular formula is C17H17ClN2O. The van der Waals surface area contributed by atoms with Crippen LogP contribution in [-0.4, -0.2) is 16.9 Å². The van der Waals surface area contributed by atoms with E-state index in [1.807, 2.05) is 28.9 Å². The third-order valence-electron chi connectivity index (χ3n) is 3.53. The SMILES string of the molecule is COc1ccc(-c2c3cccc(Cl)c3nn2C(C)C)cc1. The van der Waals surface area contributed by atoms with E-state index in [-0.39, 0.29) is 6.04 Å². The Morgan fingerprint density at radius 3 is 2.43 bits per heavy atom. The lowest BCUT2D eigenvalue weighted by atomic mass is 10.1. The molecule has 4 heteroatoms. The molecule has 0 aliphatic heterocycles. The van der Waals surface area contributed by atoms with Crippen molar-refractivity contribution in [2.75, 3.05) is 7.11 Å². The lowest BCUT2D eigenvalue weighted by molar-refractivity contribution is 0.415. The van der Waals surface area contributed by atoms with Crippen molar-refractivity contribution in [2.45, 2.75) is 19.9 Å². The molecule has 0 unspecified atom stereocenters. The summed E-state index contributed by atoms with van der Waals surface area (Å²) < 4.78 is 7.25. The van der Waals surface area contributed by atoms with Gasteiger partial charge in [0.25, 0.3) is 0 Å². The summed E-state index contributed by atoms with van der Waals surface area (Å²) in [5.41, 5.74) is 3.04. The zero-order valence-corrected chi connectivity index (χ0v) is 13.1. The van der Waals surface area contributed by atoms with E-state index in [0.717, 1.165) is 27.9 Å². The Balaban J connectivity index is 2.28. The van der Waals surface area contributed by atoms with Crippen LogP contribution in [0.3, 0.4) is 0 Å². The number of methoxy groups -OCH3 is 1. The topological polar surface area (TPSA) is 27.1 Å². The first-order valence-corrected chi connectivity index (χ1v) is 7.30. The van der Waals surface area contributed by atoms with Gasteiger partial charge in [-0.1, -0.05) is 23.7 Å². The van der Waals surface area contributed by atoms with Gasteiger partial charge in [0.2, 0.25) is 0 Å². The molecule has 0 N–H and O–H groups in total. The second-order valence-corrected chi connectivity index (χ2v) is 5.66. The maximum atomic E-state index is 6.29. The quantitative estimate of drug-likeness (QED) is 0.684. The molecule has 3 aromatic rings. The number of rotatable bonds is 3. The molecule has 2 aromatic carbocycles. The van der Waals surface area contributed by atoms with Crippen LogP contribution in [0.1, 0.15) is 19.9 Å². The smallest absolute Gasteiger partial charge is 0.118 e. The first-order chi connectivity index (χ1) is 10.1. The number of benzene rings is 2. The summed E-state index contributed by atoms with van der Waals surface area (Å²) in [5.74, 6) is 0.844. The van der Waals surface area contributed by atoms with Crippen LogP contribution in [0.25, 0.3) is 22.2 Å². The fraction of sp³-hybridized carbons (Fsp3) is 0.235. The molecule has 0 saturated heterocycles. The van der Waals surface area contributed by atoms with Crippen LogP contribution in [0.15, 0.2) is 42.5 Å². The van der Waals surface area contributed by atoms with E-state index in [2.05, 4.69) is 37.1 Å². The third-order valence-corrected chi connectivity index (χ3v) is 3.84. The molecule has 3 nitrogen and oxygen atoms in total. The number of aromatic nitrogens is 2. The van der Waals surface area contributed by atoms with Crippen molar-refractivity contribution in [1.29, 1.82) is 0 Å². The molecule has 1 heterocycles. The van der Waals surface area contributed by atoms with Gasteiger partial charge in [0.1, 0.15) is 11.3 Å². The van der Waals surface area contributed by atoms with Gasteiger partial charge in [0.15, 0.2) is 0 Å². The van der Waals surface area contributed by atoms with E-state index in [1.165, 1.54) is 0 Å². The van der Waals surface area contributed by atoms with Crippen LogP contribution in [0.5, 0.6) is 5.75 Å². The second kappa shape index (κ2) is 5.41. The molecule has 0 fully saturated rings. The maximum Gasteiger partial charge on any atom is 0.118 e. The zero-order chi connectivity index (χ0) is 15.0. The Kier molecular flexibility index (Phi) is 3.60. The highest BCUT2D eigenvalue weighted by atomic mass is 35.5. The normalized spacial score (nSPS) is 11.3. The van der Waals surface area contributed by atoms with Crippen LogP contribution >= 0.6 is 11.6 Å².